The molecule has 1 atom stereocenters. The Hall–Kier alpha value is -1.36. The Balaban J connectivity index is 2.19. The molecule has 1 aromatic heterocycles. The fourth-order valence-corrected chi connectivity index (χ4v) is 2.33. The molecule has 1 N–H and O–H groups in total. The van der Waals surface area contributed by atoms with Gasteiger partial charge in [-0.25, -0.2) is 0 Å². The molecule has 1 aromatic rings. The number of aromatic nitrogens is 2. The van der Waals surface area contributed by atoms with Crippen LogP contribution in [0.2, 0.25) is 0 Å². The fourth-order valence-electron chi connectivity index (χ4n) is 2.33. The van der Waals surface area contributed by atoms with Crippen molar-refractivity contribution in [3.63, 3.8) is 0 Å². The molecule has 2 heterocycles. The van der Waals surface area contributed by atoms with Gasteiger partial charge in [-0.15, -0.1) is 0 Å². The van der Waals surface area contributed by atoms with Crippen LogP contribution in [-0.2, 0) is 13.0 Å². The largest absolute Gasteiger partial charge is 0.334 e. The molecule has 0 radical (unpaired) electrons. The Kier molecular flexibility index (Phi) is 4.01. The van der Waals surface area contributed by atoms with Crippen LogP contribution in [-0.4, -0.2) is 46.3 Å². The zero-order chi connectivity index (χ0) is 13.1. The number of aryl methyl sites for hydroxylation is 2. The molecule has 2 rings (SSSR count). The third-order valence-electron chi connectivity index (χ3n) is 3.37. The molecular formula is C13H22N4O. The second-order valence-corrected chi connectivity index (χ2v) is 4.80. The Morgan fingerprint density at radius 1 is 1.56 bits per heavy atom. The molecule has 1 amide bonds. The first-order chi connectivity index (χ1) is 8.65. The van der Waals surface area contributed by atoms with Gasteiger partial charge in [-0.1, -0.05) is 6.92 Å². The minimum absolute atomic E-state index is 0.109. The summed E-state index contributed by atoms with van der Waals surface area (Å²) >= 11 is 0. The number of nitrogens with one attached hydrogen (secondary N) is 1. The van der Waals surface area contributed by atoms with Gasteiger partial charge >= 0.3 is 0 Å². The second-order valence-electron chi connectivity index (χ2n) is 4.80. The number of nitrogens with zero attached hydrogens (tertiary/aromatic N) is 3. The van der Waals surface area contributed by atoms with E-state index in [4.69, 9.17) is 0 Å². The van der Waals surface area contributed by atoms with Gasteiger partial charge in [0, 0.05) is 32.2 Å². The van der Waals surface area contributed by atoms with Crippen LogP contribution in [0, 0.1) is 0 Å². The molecule has 0 spiro atoms. The van der Waals surface area contributed by atoms with Crippen LogP contribution in [0.25, 0.3) is 0 Å². The third kappa shape index (κ3) is 2.56. The van der Waals surface area contributed by atoms with E-state index >= 15 is 0 Å². The van der Waals surface area contributed by atoms with Gasteiger partial charge < -0.3 is 10.2 Å². The lowest BCUT2D eigenvalue weighted by molar-refractivity contribution is 0.0696. The lowest BCUT2D eigenvalue weighted by atomic mass is 10.2. The SMILES string of the molecule is CCc1cc(C(=O)N2CCN[C@H](C)C2)n(CC)n1. The summed E-state index contributed by atoms with van der Waals surface area (Å²) < 4.78 is 1.81. The summed E-state index contributed by atoms with van der Waals surface area (Å²) in [5.74, 6) is 0.109. The molecule has 0 aromatic carbocycles. The lowest BCUT2D eigenvalue weighted by Gasteiger charge is -2.31. The molecule has 5 nitrogen and oxygen atoms in total. The third-order valence-corrected chi connectivity index (χ3v) is 3.37. The lowest BCUT2D eigenvalue weighted by Crippen LogP contribution is -2.51. The van der Waals surface area contributed by atoms with Crippen molar-refractivity contribution >= 4 is 5.91 Å². The Morgan fingerprint density at radius 2 is 2.33 bits per heavy atom. The Morgan fingerprint density at radius 3 is 2.94 bits per heavy atom. The van der Waals surface area contributed by atoms with E-state index in [9.17, 15) is 4.79 Å². The van der Waals surface area contributed by atoms with Crippen molar-refractivity contribution in [3.8, 4) is 0 Å². The first-order valence-corrected chi connectivity index (χ1v) is 6.75. The minimum Gasteiger partial charge on any atom is -0.334 e. The highest BCUT2D eigenvalue weighted by Gasteiger charge is 2.24. The monoisotopic (exact) mass is 250 g/mol. The van der Waals surface area contributed by atoms with E-state index in [0.29, 0.717) is 6.04 Å². The summed E-state index contributed by atoms with van der Waals surface area (Å²) in [6, 6.07) is 2.30. The van der Waals surface area contributed by atoms with E-state index in [-0.39, 0.29) is 5.91 Å². The maximum absolute atomic E-state index is 12.5. The second kappa shape index (κ2) is 5.52. The summed E-state index contributed by atoms with van der Waals surface area (Å²) in [4.78, 5) is 14.4. The van der Waals surface area contributed by atoms with Crippen molar-refractivity contribution in [3.05, 3.63) is 17.5 Å². The van der Waals surface area contributed by atoms with E-state index in [0.717, 1.165) is 44.0 Å². The molecule has 0 unspecified atom stereocenters. The van der Waals surface area contributed by atoms with Gasteiger partial charge in [0.05, 0.1) is 5.69 Å². The number of carbonyl (C=O) groups is 1. The number of carbonyl (C=O) groups excluding carboxylic acids is 1. The molecule has 0 aliphatic carbocycles. The van der Waals surface area contributed by atoms with Gasteiger partial charge in [0.25, 0.3) is 5.91 Å². The molecule has 0 bridgehead atoms. The van der Waals surface area contributed by atoms with Gasteiger partial charge in [-0.05, 0) is 26.3 Å². The van der Waals surface area contributed by atoms with Crippen LogP contribution in [0.1, 0.15) is 37.0 Å². The molecule has 100 valence electrons. The van der Waals surface area contributed by atoms with E-state index < -0.39 is 0 Å². The van der Waals surface area contributed by atoms with E-state index in [1.54, 1.807) is 0 Å². The van der Waals surface area contributed by atoms with Crippen LogP contribution >= 0.6 is 0 Å². The Labute approximate surface area is 108 Å². The van der Waals surface area contributed by atoms with Crippen molar-refractivity contribution in [1.82, 2.24) is 20.0 Å². The molecule has 5 heteroatoms. The summed E-state index contributed by atoms with van der Waals surface area (Å²) in [6.45, 7) is 9.34. The van der Waals surface area contributed by atoms with E-state index in [1.807, 2.05) is 22.6 Å². The maximum Gasteiger partial charge on any atom is 0.272 e. The van der Waals surface area contributed by atoms with Crippen LogP contribution < -0.4 is 5.32 Å². The number of hydrogen-bond donors (Lipinski definition) is 1. The van der Waals surface area contributed by atoms with Gasteiger partial charge in [0.2, 0.25) is 0 Å². The Bertz CT molecular complexity index is 427. The van der Waals surface area contributed by atoms with Crippen LogP contribution in [0.4, 0.5) is 0 Å². The zero-order valence-corrected chi connectivity index (χ0v) is 11.4. The van der Waals surface area contributed by atoms with Crippen LogP contribution in [0.15, 0.2) is 6.07 Å². The van der Waals surface area contributed by atoms with Crippen molar-refractivity contribution in [2.45, 2.75) is 39.8 Å². The highest BCUT2D eigenvalue weighted by atomic mass is 16.2. The summed E-state index contributed by atoms with van der Waals surface area (Å²) in [5, 5.41) is 7.78. The minimum atomic E-state index is 0.109. The molecule has 18 heavy (non-hydrogen) atoms. The topological polar surface area (TPSA) is 50.2 Å². The first-order valence-electron chi connectivity index (χ1n) is 6.75. The molecule has 1 fully saturated rings. The van der Waals surface area contributed by atoms with Gasteiger partial charge in [-0.2, -0.15) is 5.10 Å². The number of rotatable bonds is 3. The first kappa shape index (κ1) is 13.1. The highest BCUT2D eigenvalue weighted by molar-refractivity contribution is 5.92. The molecule has 0 saturated carbocycles. The quantitative estimate of drug-likeness (QED) is 0.867. The average molecular weight is 250 g/mol. The standard InChI is InChI=1S/C13H22N4O/c1-4-11-8-12(17(5-2)15-11)13(18)16-7-6-14-10(3)9-16/h8,10,14H,4-7,9H2,1-3H3/t10-/m1/s1. The van der Waals surface area contributed by atoms with Crippen molar-refractivity contribution < 1.29 is 4.79 Å². The van der Waals surface area contributed by atoms with E-state index in [1.165, 1.54) is 0 Å². The predicted molar refractivity (Wildman–Crippen MR) is 70.6 cm³/mol. The average Bonchev–Trinajstić information content (AvgIpc) is 2.81. The van der Waals surface area contributed by atoms with Gasteiger partial charge in [0.1, 0.15) is 5.69 Å². The van der Waals surface area contributed by atoms with Crippen LogP contribution in [0.5, 0.6) is 0 Å². The number of amides is 1. The van der Waals surface area contributed by atoms with Crippen LogP contribution in [0.3, 0.4) is 0 Å². The molecular weight excluding hydrogens is 228 g/mol. The van der Waals surface area contributed by atoms with Crippen molar-refractivity contribution in [2.24, 2.45) is 0 Å². The van der Waals surface area contributed by atoms with E-state index in [2.05, 4.69) is 24.3 Å². The summed E-state index contributed by atoms with van der Waals surface area (Å²) in [5.41, 5.74) is 1.71. The smallest absolute Gasteiger partial charge is 0.272 e. The number of piperazine rings is 1. The predicted octanol–water partition coefficient (Wildman–Crippen LogP) is 0.899. The maximum atomic E-state index is 12.5. The van der Waals surface area contributed by atoms with Crippen molar-refractivity contribution in [2.75, 3.05) is 19.6 Å². The van der Waals surface area contributed by atoms with Gasteiger partial charge in [-0.3, -0.25) is 9.48 Å². The normalized spacial score (nSPS) is 20.2. The number of hydrogen-bond acceptors (Lipinski definition) is 3. The molecule has 1 aliphatic rings. The summed E-state index contributed by atoms with van der Waals surface area (Å²) in [6.07, 6.45) is 0.866. The fraction of sp³-hybridized carbons (Fsp3) is 0.692. The summed E-state index contributed by atoms with van der Waals surface area (Å²) in [7, 11) is 0. The highest BCUT2D eigenvalue weighted by Crippen LogP contribution is 2.11. The van der Waals surface area contributed by atoms with Gasteiger partial charge in [0.15, 0.2) is 0 Å². The van der Waals surface area contributed by atoms with Crippen molar-refractivity contribution in [1.29, 1.82) is 0 Å². The zero-order valence-electron chi connectivity index (χ0n) is 11.4. The molecule has 1 aliphatic heterocycles. The molecule has 1 saturated heterocycles.